The molecule has 6 nitrogen and oxygen atoms in total. The van der Waals surface area contributed by atoms with Gasteiger partial charge >= 0.3 is 6.03 Å². The number of rotatable bonds is 5. The van der Waals surface area contributed by atoms with E-state index >= 15 is 0 Å². The van der Waals surface area contributed by atoms with Crippen LogP contribution in [0.5, 0.6) is 0 Å². The topological polar surface area (TPSA) is 60.9 Å². The molecule has 1 atom stereocenters. The quantitative estimate of drug-likeness (QED) is 0.717. The van der Waals surface area contributed by atoms with Crippen LogP contribution in [0.4, 0.5) is 4.79 Å². The first-order valence-electron chi connectivity index (χ1n) is 9.83. The van der Waals surface area contributed by atoms with Gasteiger partial charge in [-0.05, 0) is 38.0 Å². The molecule has 0 aromatic heterocycles. The molecule has 3 aliphatic rings. The van der Waals surface area contributed by atoms with Gasteiger partial charge in [0.1, 0.15) is 5.54 Å². The summed E-state index contributed by atoms with van der Waals surface area (Å²) in [7, 11) is 0. The highest BCUT2D eigenvalue weighted by Gasteiger charge is 2.60. The van der Waals surface area contributed by atoms with Crippen molar-refractivity contribution in [3.63, 3.8) is 0 Å². The maximum atomic E-state index is 13.2. The second-order valence-electron chi connectivity index (χ2n) is 8.20. The standard InChI is InChI=1S/C19H31N3O3/c1-4-8-19-9-5-10-21(19)18(25)22(17(19)24)15-6-11-20(12-7-15)16(23)13-14(2)3/h14-15H,4-13H2,1-3H3/t19-/m0/s1. The molecule has 3 aliphatic heterocycles. The van der Waals surface area contributed by atoms with Crippen LogP contribution in [0.1, 0.15) is 65.7 Å². The van der Waals surface area contributed by atoms with E-state index in [1.807, 2.05) is 23.6 Å². The largest absolute Gasteiger partial charge is 0.343 e. The normalized spacial score (nSPS) is 27.6. The molecule has 25 heavy (non-hydrogen) atoms. The van der Waals surface area contributed by atoms with Crippen molar-refractivity contribution in [3.05, 3.63) is 0 Å². The molecule has 3 fully saturated rings. The third-order valence-corrected chi connectivity index (χ3v) is 5.97. The summed E-state index contributed by atoms with van der Waals surface area (Å²) in [6.07, 6.45) is 5.38. The molecule has 0 bridgehead atoms. The number of likely N-dealkylation sites (tertiary alicyclic amines) is 1. The van der Waals surface area contributed by atoms with Crippen LogP contribution in [0.2, 0.25) is 0 Å². The first-order chi connectivity index (χ1) is 11.9. The van der Waals surface area contributed by atoms with E-state index in [-0.39, 0.29) is 23.9 Å². The Kier molecular flexibility index (Phi) is 5.07. The molecule has 0 spiro atoms. The van der Waals surface area contributed by atoms with Gasteiger partial charge in [-0.1, -0.05) is 27.2 Å². The number of carbonyl (C=O) groups is 3. The van der Waals surface area contributed by atoms with Gasteiger partial charge in [0.15, 0.2) is 0 Å². The number of nitrogens with zero attached hydrogens (tertiary/aromatic N) is 3. The third-order valence-electron chi connectivity index (χ3n) is 5.97. The second-order valence-corrected chi connectivity index (χ2v) is 8.20. The molecule has 3 heterocycles. The average molecular weight is 349 g/mol. The fourth-order valence-electron chi connectivity index (χ4n) is 4.78. The molecule has 3 saturated heterocycles. The number of fused-ring (bicyclic) bond motifs is 1. The number of amides is 4. The lowest BCUT2D eigenvalue weighted by molar-refractivity contribution is -0.136. The van der Waals surface area contributed by atoms with E-state index in [1.165, 1.54) is 0 Å². The van der Waals surface area contributed by atoms with Crippen LogP contribution in [0.15, 0.2) is 0 Å². The molecule has 0 aliphatic carbocycles. The molecule has 0 aromatic carbocycles. The zero-order valence-electron chi connectivity index (χ0n) is 15.8. The van der Waals surface area contributed by atoms with Crippen molar-refractivity contribution in [1.29, 1.82) is 0 Å². The average Bonchev–Trinajstić information content (AvgIpc) is 3.07. The van der Waals surface area contributed by atoms with E-state index in [9.17, 15) is 14.4 Å². The van der Waals surface area contributed by atoms with Crippen molar-refractivity contribution >= 4 is 17.8 Å². The van der Waals surface area contributed by atoms with Crippen molar-refractivity contribution in [2.45, 2.75) is 77.3 Å². The van der Waals surface area contributed by atoms with Crippen molar-refractivity contribution in [1.82, 2.24) is 14.7 Å². The predicted molar refractivity (Wildman–Crippen MR) is 94.9 cm³/mol. The molecule has 6 heteroatoms. The van der Waals surface area contributed by atoms with Crippen molar-refractivity contribution < 1.29 is 14.4 Å². The lowest BCUT2D eigenvalue weighted by Gasteiger charge is -2.36. The van der Waals surface area contributed by atoms with E-state index in [0.717, 1.165) is 25.7 Å². The molecular weight excluding hydrogens is 318 g/mol. The lowest BCUT2D eigenvalue weighted by atomic mass is 9.90. The van der Waals surface area contributed by atoms with Gasteiger partial charge in [0.25, 0.3) is 5.91 Å². The number of piperidine rings is 1. The summed E-state index contributed by atoms with van der Waals surface area (Å²) >= 11 is 0. The highest BCUT2D eigenvalue weighted by molar-refractivity contribution is 6.07. The van der Waals surface area contributed by atoms with Gasteiger partial charge in [0.05, 0.1) is 0 Å². The Morgan fingerprint density at radius 3 is 2.48 bits per heavy atom. The lowest BCUT2D eigenvalue weighted by Crippen LogP contribution is -2.50. The van der Waals surface area contributed by atoms with Crippen LogP contribution < -0.4 is 0 Å². The Morgan fingerprint density at radius 1 is 1.20 bits per heavy atom. The van der Waals surface area contributed by atoms with Crippen molar-refractivity contribution in [3.8, 4) is 0 Å². The monoisotopic (exact) mass is 349 g/mol. The molecule has 0 N–H and O–H groups in total. The summed E-state index contributed by atoms with van der Waals surface area (Å²) in [5, 5.41) is 0. The predicted octanol–water partition coefficient (Wildman–Crippen LogP) is 2.62. The summed E-state index contributed by atoms with van der Waals surface area (Å²) in [6.45, 7) is 8.17. The first kappa shape index (κ1) is 18.2. The molecule has 140 valence electrons. The zero-order chi connectivity index (χ0) is 18.2. The Morgan fingerprint density at radius 2 is 1.88 bits per heavy atom. The van der Waals surface area contributed by atoms with Crippen LogP contribution >= 0.6 is 0 Å². The molecular formula is C19H31N3O3. The number of urea groups is 1. The summed E-state index contributed by atoms with van der Waals surface area (Å²) < 4.78 is 0. The smallest absolute Gasteiger partial charge is 0.327 e. The maximum absolute atomic E-state index is 13.2. The second kappa shape index (κ2) is 6.96. The fraction of sp³-hybridized carbons (Fsp3) is 0.842. The maximum Gasteiger partial charge on any atom is 0.327 e. The molecule has 0 aromatic rings. The fourth-order valence-corrected chi connectivity index (χ4v) is 4.78. The minimum Gasteiger partial charge on any atom is -0.343 e. The Balaban J connectivity index is 1.67. The Hall–Kier alpha value is -1.59. The van der Waals surface area contributed by atoms with Crippen molar-refractivity contribution in [2.75, 3.05) is 19.6 Å². The Bertz CT molecular complexity index is 554. The van der Waals surface area contributed by atoms with Gasteiger partial charge in [0, 0.05) is 32.1 Å². The zero-order valence-corrected chi connectivity index (χ0v) is 15.8. The highest BCUT2D eigenvalue weighted by Crippen LogP contribution is 2.42. The first-order valence-corrected chi connectivity index (χ1v) is 9.83. The van der Waals surface area contributed by atoms with E-state index in [4.69, 9.17) is 0 Å². The molecule has 3 rings (SSSR count). The van der Waals surface area contributed by atoms with Crippen LogP contribution in [0.25, 0.3) is 0 Å². The van der Waals surface area contributed by atoms with E-state index in [2.05, 4.69) is 6.92 Å². The summed E-state index contributed by atoms with van der Waals surface area (Å²) in [4.78, 5) is 43.5. The van der Waals surface area contributed by atoms with E-state index < -0.39 is 5.54 Å². The third kappa shape index (κ3) is 3.04. The number of carbonyl (C=O) groups excluding carboxylic acids is 3. The van der Waals surface area contributed by atoms with Crippen LogP contribution in [-0.4, -0.2) is 63.8 Å². The van der Waals surface area contributed by atoms with Gasteiger partial charge in [-0.3, -0.25) is 14.5 Å². The number of imide groups is 1. The van der Waals surface area contributed by atoms with Gasteiger partial charge in [-0.2, -0.15) is 0 Å². The van der Waals surface area contributed by atoms with Crippen molar-refractivity contribution in [2.24, 2.45) is 5.92 Å². The molecule has 4 amide bonds. The van der Waals surface area contributed by atoms with Gasteiger partial charge in [0.2, 0.25) is 5.91 Å². The van der Waals surface area contributed by atoms with Crippen LogP contribution in [0.3, 0.4) is 0 Å². The Labute approximate surface area is 150 Å². The van der Waals surface area contributed by atoms with E-state index in [1.54, 1.807) is 4.90 Å². The number of hydrogen-bond acceptors (Lipinski definition) is 3. The van der Waals surface area contributed by atoms with Gasteiger partial charge in [-0.25, -0.2) is 4.79 Å². The van der Waals surface area contributed by atoms with Gasteiger partial charge < -0.3 is 9.80 Å². The summed E-state index contributed by atoms with van der Waals surface area (Å²) in [5.74, 6) is 0.562. The summed E-state index contributed by atoms with van der Waals surface area (Å²) in [5.41, 5.74) is -0.573. The molecule has 0 unspecified atom stereocenters. The minimum absolute atomic E-state index is 0.0174. The van der Waals surface area contributed by atoms with Crippen LogP contribution in [-0.2, 0) is 9.59 Å². The highest BCUT2D eigenvalue weighted by atomic mass is 16.2. The molecule has 0 radical (unpaired) electrons. The number of hydrogen-bond donors (Lipinski definition) is 0. The minimum atomic E-state index is -0.573. The van der Waals surface area contributed by atoms with E-state index in [0.29, 0.717) is 44.8 Å². The summed E-state index contributed by atoms with van der Waals surface area (Å²) in [6, 6.07) is -0.148. The van der Waals surface area contributed by atoms with Crippen LogP contribution in [0, 0.1) is 5.92 Å². The SMILES string of the molecule is CCC[C@@]12CCCN1C(=O)N(C1CCN(C(=O)CC(C)C)CC1)C2=O. The van der Waals surface area contributed by atoms with Gasteiger partial charge in [-0.15, -0.1) is 0 Å². The molecule has 0 saturated carbocycles.